The molecule has 0 bridgehead atoms. The lowest BCUT2D eigenvalue weighted by atomic mass is 9.98. The van der Waals surface area contributed by atoms with E-state index < -0.39 is 12.1 Å². The summed E-state index contributed by atoms with van der Waals surface area (Å²) >= 11 is 7.64. The van der Waals surface area contributed by atoms with Crippen molar-refractivity contribution in [1.82, 2.24) is 4.98 Å². The minimum absolute atomic E-state index is 0.352. The summed E-state index contributed by atoms with van der Waals surface area (Å²) in [4.78, 5) is 30.2. The van der Waals surface area contributed by atoms with Crippen LogP contribution in [0.25, 0.3) is 0 Å². The normalized spacial score (nSPS) is 15.6. The molecular formula is C21H17ClN2O3S. The first-order valence-electron chi connectivity index (χ1n) is 8.80. The Hall–Kier alpha value is -2.70. The van der Waals surface area contributed by atoms with Crippen LogP contribution in [0.5, 0.6) is 0 Å². The number of rotatable bonds is 4. The third-order valence-electron chi connectivity index (χ3n) is 4.62. The molecule has 1 atom stereocenters. The number of aromatic nitrogens is 1. The van der Waals surface area contributed by atoms with Crippen LogP contribution in [0.4, 0.5) is 5.13 Å². The fraction of sp³-hybridized carbons (Fsp3) is 0.190. The summed E-state index contributed by atoms with van der Waals surface area (Å²) in [5.74, 6) is -0.849. The molecule has 1 N–H and O–H groups in total. The predicted molar refractivity (Wildman–Crippen MR) is 109 cm³/mol. The van der Waals surface area contributed by atoms with Gasteiger partial charge in [0.05, 0.1) is 11.3 Å². The average molecular weight is 413 g/mol. The van der Waals surface area contributed by atoms with Crippen LogP contribution in [-0.2, 0) is 22.4 Å². The Kier molecular flexibility index (Phi) is 5.15. The molecule has 5 nitrogen and oxygen atoms in total. The monoisotopic (exact) mass is 412 g/mol. The Morgan fingerprint density at radius 3 is 2.82 bits per heavy atom. The van der Waals surface area contributed by atoms with E-state index in [1.807, 2.05) is 43.3 Å². The van der Waals surface area contributed by atoms with Crippen molar-refractivity contribution in [1.29, 1.82) is 0 Å². The highest BCUT2D eigenvalue weighted by Crippen LogP contribution is 2.28. The lowest BCUT2D eigenvalue weighted by Crippen LogP contribution is -2.37. The fourth-order valence-electron chi connectivity index (χ4n) is 3.12. The van der Waals surface area contributed by atoms with Crippen molar-refractivity contribution < 1.29 is 14.3 Å². The van der Waals surface area contributed by atoms with Gasteiger partial charge in [0.25, 0.3) is 5.91 Å². The summed E-state index contributed by atoms with van der Waals surface area (Å²) < 4.78 is 5.30. The molecule has 0 aliphatic carbocycles. The molecule has 7 heteroatoms. The number of halogens is 1. The van der Waals surface area contributed by atoms with Crippen LogP contribution in [-0.4, -0.2) is 23.0 Å². The highest BCUT2D eigenvalue weighted by atomic mass is 35.5. The third kappa shape index (κ3) is 3.79. The lowest BCUT2D eigenvalue weighted by molar-refractivity contribution is -0.125. The number of nitrogens with one attached hydrogen (secondary N) is 1. The van der Waals surface area contributed by atoms with E-state index in [4.69, 9.17) is 16.3 Å². The zero-order chi connectivity index (χ0) is 19.7. The zero-order valence-electron chi connectivity index (χ0n) is 15.1. The van der Waals surface area contributed by atoms with Gasteiger partial charge in [0.2, 0.25) is 0 Å². The van der Waals surface area contributed by atoms with Crippen molar-refractivity contribution in [2.24, 2.45) is 0 Å². The number of carbonyl (C=O) groups is 2. The topological polar surface area (TPSA) is 68.3 Å². The number of carbonyl (C=O) groups excluding carboxylic acids is 2. The van der Waals surface area contributed by atoms with Gasteiger partial charge in [-0.1, -0.05) is 48.0 Å². The maximum Gasteiger partial charge on any atom is 0.339 e. The van der Waals surface area contributed by atoms with Crippen LogP contribution >= 0.6 is 22.9 Å². The highest BCUT2D eigenvalue weighted by Gasteiger charge is 2.31. The van der Waals surface area contributed by atoms with Gasteiger partial charge in [0.15, 0.2) is 11.2 Å². The number of fused-ring (bicyclic) bond motifs is 1. The summed E-state index contributed by atoms with van der Waals surface area (Å²) in [7, 11) is 0. The number of esters is 1. The molecule has 142 valence electrons. The Morgan fingerprint density at radius 2 is 2.00 bits per heavy atom. The summed E-state index contributed by atoms with van der Waals surface area (Å²) in [6.07, 6.45) is 0.133. The molecule has 1 unspecified atom stereocenters. The van der Waals surface area contributed by atoms with Crippen molar-refractivity contribution >= 4 is 39.9 Å². The first-order valence-corrected chi connectivity index (χ1v) is 10.00. The molecule has 1 aromatic heterocycles. The second kappa shape index (κ2) is 7.73. The molecule has 3 aromatic rings. The summed E-state index contributed by atoms with van der Waals surface area (Å²) in [5, 5.41) is 3.97. The smallest absolute Gasteiger partial charge is 0.339 e. The number of anilines is 1. The second-order valence-electron chi connectivity index (χ2n) is 6.54. The van der Waals surface area contributed by atoms with Crippen molar-refractivity contribution in [2.45, 2.75) is 25.9 Å². The molecule has 4 rings (SSSR count). The number of amides is 1. The maximum atomic E-state index is 12.6. The van der Waals surface area contributed by atoms with E-state index in [0.29, 0.717) is 28.6 Å². The first-order chi connectivity index (χ1) is 13.5. The van der Waals surface area contributed by atoms with Crippen LogP contribution in [0.15, 0.2) is 48.5 Å². The van der Waals surface area contributed by atoms with Crippen molar-refractivity contribution in [3.63, 3.8) is 0 Å². The van der Waals surface area contributed by atoms with E-state index in [-0.39, 0.29) is 5.91 Å². The van der Waals surface area contributed by atoms with E-state index >= 15 is 0 Å². The quantitative estimate of drug-likeness (QED) is 0.644. The molecule has 1 aliphatic rings. The molecule has 0 fully saturated rings. The summed E-state index contributed by atoms with van der Waals surface area (Å²) in [6.45, 7) is 1.90. The van der Waals surface area contributed by atoms with Crippen LogP contribution < -0.4 is 5.32 Å². The van der Waals surface area contributed by atoms with Gasteiger partial charge < -0.3 is 4.74 Å². The van der Waals surface area contributed by atoms with Gasteiger partial charge in [-0.15, -0.1) is 11.3 Å². The molecule has 0 saturated heterocycles. The molecule has 2 heterocycles. The molecule has 0 saturated carbocycles. The molecule has 2 aromatic carbocycles. The number of cyclic esters (lactones) is 1. The van der Waals surface area contributed by atoms with E-state index in [2.05, 4.69) is 10.3 Å². The van der Waals surface area contributed by atoms with Crippen LogP contribution in [0.2, 0.25) is 5.02 Å². The average Bonchev–Trinajstić information content (AvgIpc) is 3.02. The Morgan fingerprint density at radius 1 is 1.25 bits per heavy atom. The molecule has 0 radical (unpaired) electrons. The van der Waals surface area contributed by atoms with Gasteiger partial charge in [-0.05, 0) is 30.2 Å². The number of hydrogen-bond acceptors (Lipinski definition) is 5. The number of ether oxygens (including phenoxy) is 1. The fourth-order valence-corrected chi connectivity index (χ4v) is 4.32. The Balaban J connectivity index is 1.47. The minimum atomic E-state index is -0.862. The number of benzene rings is 2. The largest absolute Gasteiger partial charge is 0.448 e. The van der Waals surface area contributed by atoms with Crippen molar-refractivity contribution in [3.8, 4) is 0 Å². The number of hydrogen-bond donors (Lipinski definition) is 1. The molecule has 28 heavy (non-hydrogen) atoms. The van der Waals surface area contributed by atoms with Crippen LogP contribution in [0, 0.1) is 6.92 Å². The summed E-state index contributed by atoms with van der Waals surface area (Å²) in [6, 6.07) is 14.8. The number of thiazole rings is 1. The number of nitrogens with zero attached hydrogens (tertiary/aromatic N) is 1. The van der Waals surface area contributed by atoms with E-state index in [9.17, 15) is 9.59 Å². The third-order valence-corrected chi connectivity index (χ3v) is 6.06. The SMILES string of the molecule is Cc1nc(NC(=O)C2Cc3ccccc3C(=O)O2)sc1Cc1ccccc1Cl. The first kappa shape index (κ1) is 18.7. The molecular weight excluding hydrogens is 396 g/mol. The van der Waals surface area contributed by atoms with Crippen LogP contribution in [0.1, 0.15) is 32.1 Å². The second-order valence-corrected chi connectivity index (χ2v) is 8.03. The van der Waals surface area contributed by atoms with Gasteiger partial charge >= 0.3 is 5.97 Å². The number of aryl methyl sites for hydroxylation is 1. The van der Waals surface area contributed by atoms with Crippen molar-refractivity contribution in [2.75, 3.05) is 5.32 Å². The highest BCUT2D eigenvalue weighted by molar-refractivity contribution is 7.15. The minimum Gasteiger partial charge on any atom is -0.448 e. The van der Waals surface area contributed by atoms with Gasteiger partial charge in [-0.3, -0.25) is 10.1 Å². The van der Waals surface area contributed by atoms with E-state index in [1.54, 1.807) is 12.1 Å². The van der Waals surface area contributed by atoms with Gasteiger partial charge in [0.1, 0.15) is 0 Å². The lowest BCUT2D eigenvalue weighted by Gasteiger charge is -2.23. The molecule has 1 amide bonds. The van der Waals surface area contributed by atoms with E-state index in [1.165, 1.54) is 11.3 Å². The van der Waals surface area contributed by atoms with Gasteiger partial charge in [0, 0.05) is 22.7 Å². The van der Waals surface area contributed by atoms with Gasteiger partial charge in [-0.25, -0.2) is 9.78 Å². The Bertz CT molecular complexity index is 1060. The zero-order valence-corrected chi connectivity index (χ0v) is 16.6. The Labute approximate surface area is 171 Å². The molecule has 0 spiro atoms. The standard InChI is InChI=1S/C21H17ClN2O3S/c1-12-18(11-14-7-3-5-9-16(14)22)28-21(23-12)24-19(25)17-10-13-6-2-4-8-15(13)20(26)27-17/h2-9,17H,10-11H2,1H3,(H,23,24,25). The predicted octanol–water partition coefficient (Wildman–Crippen LogP) is 4.42. The van der Waals surface area contributed by atoms with Crippen LogP contribution in [0.3, 0.4) is 0 Å². The van der Waals surface area contributed by atoms with Gasteiger partial charge in [-0.2, -0.15) is 0 Å². The van der Waals surface area contributed by atoms with E-state index in [0.717, 1.165) is 21.7 Å². The van der Waals surface area contributed by atoms with Crippen molar-refractivity contribution in [3.05, 3.63) is 80.8 Å². The maximum absolute atomic E-state index is 12.6. The molecule has 1 aliphatic heterocycles. The summed E-state index contributed by atoms with van der Waals surface area (Å²) in [5.41, 5.74) is 3.17.